The van der Waals surface area contributed by atoms with E-state index in [0.29, 0.717) is 12.0 Å². The topological polar surface area (TPSA) is 38.5 Å². The Balaban J connectivity index is 2.20. The Morgan fingerprint density at radius 3 is 2.79 bits per heavy atom. The normalized spacial score (nSPS) is 22.3. The van der Waals surface area contributed by atoms with Crippen LogP contribution in [0.3, 0.4) is 0 Å². The zero-order chi connectivity index (χ0) is 10.4. The highest BCUT2D eigenvalue weighted by atomic mass is 16.5. The molecule has 0 spiro atoms. The van der Waals surface area contributed by atoms with Gasteiger partial charge >= 0.3 is 0 Å². The number of nitrogens with zero attached hydrogens (tertiary/aromatic N) is 1. The molecule has 0 aliphatic carbocycles. The lowest BCUT2D eigenvalue weighted by atomic mass is 10.0. The van der Waals surface area contributed by atoms with Gasteiger partial charge in [-0.1, -0.05) is 13.8 Å². The van der Waals surface area contributed by atoms with Crippen LogP contribution >= 0.6 is 0 Å². The largest absolute Gasteiger partial charge is 0.380 e. The molecule has 0 bridgehead atoms. The molecular weight excluding hydrogens is 176 g/mol. The minimum absolute atomic E-state index is 0.327. The van der Waals surface area contributed by atoms with Crippen molar-refractivity contribution in [3.63, 3.8) is 0 Å². The van der Waals surface area contributed by atoms with E-state index >= 15 is 0 Å². The van der Waals surface area contributed by atoms with Gasteiger partial charge in [0.05, 0.1) is 6.61 Å². The first-order valence-electron chi connectivity index (χ1n) is 5.74. The van der Waals surface area contributed by atoms with E-state index in [1.807, 2.05) is 0 Å². The van der Waals surface area contributed by atoms with Gasteiger partial charge in [-0.25, -0.2) is 0 Å². The van der Waals surface area contributed by atoms with Gasteiger partial charge in [-0.2, -0.15) is 0 Å². The Labute approximate surface area is 87.6 Å². The summed E-state index contributed by atoms with van der Waals surface area (Å²) in [5.74, 6) is 0.702. The number of hydrogen-bond donors (Lipinski definition) is 1. The summed E-state index contributed by atoms with van der Waals surface area (Å²) in [4.78, 5) is 2.43. The van der Waals surface area contributed by atoms with E-state index in [9.17, 15) is 0 Å². The third-order valence-corrected chi connectivity index (χ3v) is 2.58. The third-order valence-electron chi connectivity index (χ3n) is 2.58. The maximum Gasteiger partial charge on any atom is 0.0593 e. The second-order valence-electron chi connectivity index (χ2n) is 4.66. The number of ether oxygens (including phenoxy) is 1. The van der Waals surface area contributed by atoms with Crippen LogP contribution in [-0.4, -0.2) is 43.8 Å². The number of hydrogen-bond acceptors (Lipinski definition) is 3. The van der Waals surface area contributed by atoms with Gasteiger partial charge in [0, 0.05) is 32.3 Å². The Bertz CT molecular complexity index is 142. The highest BCUT2D eigenvalue weighted by Crippen LogP contribution is 2.06. The molecule has 1 aliphatic heterocycles. The third kappa shape index (κ3) is 4.94. The Hall–Kier alpha value is -0.120. The molecule has 0 radical (unpaired) electrons. The predicted octanol–water partition coefficient (Wildman–Crippen LogP) is 1.08. The maximum absolute atomic E-state index is 6.07. The number of rotatable bonds is 4. The molecule has 1 saturated heterocycles. The van der Waals surface area contributed by atoms with Crippen molar-refractivity contribution in [2.75, 3.05) is 32.8 Å². The summed E-state index contributed by atoms with van der Waals surface area (Å²) >= 11 is 0. The lowest BCUT2D eigenvalue weighted by Gasteiger charge is -2.24. The van der Waals surface area contributed by atoms with Gasteiger partial charge in [0.15, 0.2) is 0 Å². The van der Waals surface area contributed by atoms with Crippen molar-refractivity contribution in [2.45, 2.75) is 32.7 Å². The Morgan fingerprint density at radius 2 is 2.07 bits per heavy atom. The van der Waals surface area contributed by atoms with Crippen molar-refractivity contribution in [1.29, 1.82) is 0 Å². The molecule has 84 valence electrons. The molecule has 3 heteroatoms. The van der Waals surface area contributed by atoms with E-state index in [4.69, 9.17) is 10.5 Å². The van der Waals surface area contributed by atoms with Crippen LogP contribution in [0.25, 0.3) is 0 Å². The molecule has 1 atom stereocenters. The molecule has 1 aliphatic rings. The van der Waals surface area contributed by atoms with E-state index in [0.717, 1.165) is 45.7 Å². The molecule has 1 rings (SSSR count). The molecule has 1 heterocycles. The fourth-order valence-corrected chi connectivity index (χ4v) is 1.99. The summed E-state index contributed by atoms with van der Waals surface area (Å²) in [6.45, 7) is 9.46. The van der Waals surface area contributed by atoms with E-state index in [1.165, 1.54) is 0 Å². The molecule has 1 unspecified atom stereocenters. The molecule has 0 aromatic heterocycles. The second-order valence-corrected chi connectivity index (χ2v) is 4.66. The highest BCUT2D eigenvalue weighted by Gasteiger charge is 2.13. The van der Waals surface area contributed by atoms with Crippen LogP contribution < -0.4 is 5.73 Å². The summed E-state index contributed by atoms with van der Waals surface area (Å²) < 4.78 is 5.40. The van der Waals surface area contributed by atoms with Crippen molar-refractivity contribution in [3.8, 4) is 0 Å². The monoisotopic (exact) mass is 200 g/mol. The fourth-order valence-electron chi connectivity index (χ4n) is 1.99. The van der Waals surface area contributed by atoms with Gasteiger partial charge < -0.3 is 10.5 Å². The first-order chi connectivity index (χ1) is 6.68. The van der Waals surface area contributed by atoms with Gasteiger partial charge in [-0.15, -0.1) is 0 Å². The smallest absolute Gasteiger partial charge is 0.0593 e. The average Bonchev–Trinajstić information content (AvgIpc) is 2.31. The second kappa shape index (κ2) is 6.38. The number of nitrogens with two attached hydrogens (primary N) is 1. The van der Waals surface area contributed by atoms with Crippen LogP contribution in [-0.2, 0) is 4.74 Å². The molecule has 1 fully saturated rings. The van der Waals surface area contributed by atoms with E-state index < -0.39 is 0 Å². The van der Waals surface area contributed by atoms with Gasteiger partial charge in [-0.3, -0.25) is 4.90 Å². The van der Waals surface area contributed by atoms with E-state index in [2.05, 4.69) is 18.7 Å². The van der Waals surface area contributed by atoms with Crippen molar-refractivity contribution in [1.82, 2.24) is 4.90 Å². The molecule has 2 N–H and O–H groups in total. The summed E-state index contributed by atoms with van der Waals surface area (Å²) in [7, 11) is 0. The van der Waals surface area contributed by atoms with Gasteiger partial charge in [0.2, 0.25) is 0 Å². The quantitative estimate of drug-likeness (QED) is 0.738. The van der Waals surface area contributed by atoms with Gasteiger partial charge in [0.1, 0.15) is 0 Å². The first-order valence-corrected chi connectivity index (χ1v) is 5.74. The van der Waals surface area contributed by atoms with Gasteiger partial charge in [0.25, 0.3) is 0 Å². The lowest BCUT2D eigenvalue weighted by Crippen LogP contribution is -2.39. The van der Waals surface area contributed by atoms with Crippen LogP contribution in [0.1, 0.15) is 26.7 Å². The summed E-state index contributed by atoms with van der Waals surface area (Å²) in [6, 6.07) is 0.327. The molecule has 0 saturated carbocycles. The van der Waals surface area contributed by atoms with E-state index in [1.54, 1.807) is 0 Å². The standard InChI is InChI=1S/C11H24N2O/c1-10(2)8-11(12)9-13-4-3-6-14-7-5-13/h10-11H,3-9,12H2,1-2H3. The Kier molecular flexibility index (Phi) is 5.45. The van der Waals surface area contributed by atoms with Crippen LogP contribution in [0, 0.1) is 5.92 Å². The van der Waals surface area contributed by atoms with Crippen molar-refractivity contribution < 1.29 is 4.74 Å². The molecule has 0 aromatic rings. The zero-order valence-corrected chi connectivity index (χ0v) is 9.54. The van der Waals surface area contributed by atoms with Crippen LogP contribution in [0.5, 0.6) is 0 Å². The minimum Gasteiger partial charge on any atom is -0.380 e. The summed E-state index contributed by atoms with van der Waals surface area (Å²) in [6.07, 6.45) is 2.27. The minimum atomic E-state index is 0.327. The van der Waals surface area contributed by atoms with Crippen LogP contribution in [0.15, 0.2) is 0 Å². The van der Waals surface area contributed by atoms with Gasteiger partial charge in [-0.05, 0) is 18.8 Å². The average molecular weight is 200 g/mol. The predicted molar refractivity (Wildman–Crippen MR) is 59.3 cm³/mol. The molecule has 0 aromatic carbocycles. The molecule has 3 nitrogen and oxygen atoms in total. The van der Waals surface area contributed by atoms with Crippen molar-refractivity contribution in [3.05, 3.63) is 0 Å². The zero-order valence-electron chi connectivity index (χ0n) is 9.54. The highest BCUT2D eigenvalue weighted by molar-refractivity contribution is 4.71. The fraction of sp³-hybridized carbons (Fsp3) is 1.00. The summed E-state index contributed by atoms with van der Waals surface area (Å²) in [5, 5.41) is 0. The van der Waals surface area contributed by atoms with Crippen LogP contribution in [0.4, 0.5) is 0 Å². The molecule has 14 heavy (non-hydrogen) atoms. The van der Waals surface area contributed by atoms with Crippen molar-refractivity contribution in [2.24, 2.45) is 11.7 Å². The van der Waals surface area contributed by atoms with Crippen molar-refractivity contribution >= 4 is 0 Å². The first kappa shape index (κ1) is 12.0. The molecule has 0 amide bonds. The maximum atomic E-state index is 6.07. The van der Waals surface area contributed by atoms with E-state index in [-0.39, 0.29) is 0 Å². The molecular formula is C11H24N2O. The summed E-state index contributed by atoms with van der Waals surface area (Å²) in [5.41, 5.74) is 6.07. The lowest BCUT2D eigenvalue weighted by molar-refractivity contribution is 0.140. The Morgan fingerprint density at radius 1 is 1.29 bits per heavy atom. The SMILES string of the molecule is CC(C)CC(N)CN1CCCOCC1. The van der Waals surface area contributed by atoms with Crippen LogP contribution in [0.2, 0.25) is 0 Å².